The second-order valence-electron chi connectivity index (χ2n) is 6.61. The van der Waals surface area contributed by atoms with Gasteiger partial charge in [-0.05, 0) is 42.7 Å². The number of hydrogen-bond donors (Lipinski definition) is 2. The molecule has 2 rings (SSSR count). The first-order valence-electron chi connectivity index (χ1n) is 8.93. The van der Waals surface area contributed by atoms with Gasteiger partial charge in [0.15, 0.2) is 15.8 Å². The summed E-state index contributed by atoms with van der Waals surface area (Å²) < 4.78 is 22.8. The maximum atomic E-state index is 11.4. The van der Waals surface area contributed by atoms with Crippen LogP contribution in [0.5, 0.6) is 0 Å². The molecule has 0 aromatic heterocycles. The van der Waals surface area contributed by atoms with E-state index in [0.29, 0.717) is 22.5 Å². The number of halogens is 3. The van der Waals surface area contributed by atoms with Gasteiger partial charge in [0.05, 0.1) is 18.3 Å². The number of sulfone groups is 1. The molecule has 160 valence electrons. The van der Waals surface area contributed by atoms with Gasteiger partial charge in [-0.25, -0.2) is 13.4 Å². The molecule has 2 aromatic rings. The van der Waals surface area contributed by atoms with Crippen molar-refractivity contribution in [3.8, 4) is 0 Å². The van der Waals surface area contributed by atoms with Crippen molar-refractivity contribution in [3.05, 3.63) is 69.2 Å². The van der Waals surface area contributed by atoms with Crippen LogP contribution in [0.25, 0.3) is 0 Å². The van der Waals surface area contributed by atoms with Crippen molar-refractivity contribution in [2.75, 3.05) is 12.8 Å². The Kier molecular flexibility index (Phi) is 10.7. The van der Waals surface area contributed by atoms with Gasteiger partial charge in [-0.15, -0.1) is 24.0 Å². The summed E-state index contributed by atoms with van der Waals surface area (Å²) in [5.41, 5.74) is 2.69. The third-order valence-electron chi connectivity index (χ3n) is 4.00. The normalized spacial score (nSPS) is 12.8. The van der Waals surface area contributed by atoms with E-state index in [-0.39, 0.29) is 35.8 Å². The molecule has 0 bridgehead atoms. The van der Waals surface area contributed by atoms with Crippen molar-refractivity contribution in [2.24, 2.45) is 4.99 Å². The second-order valence-corrected chi connectivity index (χ2v) is 9.60. The van der Waals surface area contributed by atoms with E-state index in [0.717, 1.165) is 23.2 Å². The van der Waals surface area contributed by atoms with Gasteiger partial charge in [-0.1, -0.05) is 53.5 Å². The highest BCUT2D eigenvalue weighted by atomic mass is 127. The fourth-order valence-corrected chi connectivity index (χ4v) is 4.04. The van der Waals surface area contributed by atoms with Gasteiger partial charge in [0.1, 0.15) is 0 Å². The molecule has 1 atom stereocenters. The monoisotopic (exact) mass is 569 g/mol. The highest BCUT2D eigenvalue weighted by Crippen LogP contribution is 2.26. The minimum atomic E-state index is -3.04. The van der Waals surface area contributed by atoms with E-state index < -0.39 is 9.84 Å². The van der Waals surface area contributed by atoms with Gasteiger partial charge >= 0.3 is 0 Å². The molecule has 29 heavy (non-hydrogen) atoms. The summed E-state index contributed by atoms with van der Waals surface area (Å²) in [4.78, 5) is 4.61. The number of aliphatic imine (C=N–C) groups is 1. The molecule has 1 unspecified atom stereocenters. The Morgan fingerprint density at radius 2 is 1.72 bits per heavy atom. The Hall–Kier alpha value is -1.03. The van der Waals surface area contributed by atoms with Crippen LogP contribution in [0.15, 0.2) is 47.5 Å². The molecule has 0 spiro atoms. The first-order valence-corrected chi connectivity index (χ1v) is 11.7. The molecule has 0 aliphatic heterocycles. The van der Waals surface area contributed by atoms with Gasteiger partial charge in [0, 0.05) is 22.8 Å². The lowest BCUT2D eigenvalue weighted by atomic mass is 10.1. The Morgan fingerprint density at radius 3 is 2.28 bits per heavy atom. The highest BCUT2D eigenvalue weighted by Gasteiger charge is 2.12. The first-order chi connectivity index (χ1) is 13.2. The molecular formula is C20H26Cl2IN3O2S. The van der Waals surface area contributed by atoms with Crippen LogP contribution in [-0.2, 0) is 22.1 Å². The van der Waals surface area contributed by atoms with Crippen molar-refractivity contribution in [1.82, 2.24) is 10.6 Å². The SMILES string of the molecule is CCNC(=NCc1ccc(CS(C)(=O)=O)cc1)NC(C)c1ccc(Cl)cc1Cl.I. The fourth-order valence-electron chi connectivity index (χ4n) is 2.67. The smallest absolute Gasteiger partial charge is 0.192 e. The zero-order valence-electron chi connectivity index (χ0n) is 16.6. The second kappa shape index (κ2) is 12.0. The highest BCUT2D eigenvalue weighted by molar-refractivity contribution is 14.0. The maximum absolute atomic E-state index is 11.4. The summed E-state index contributed by atoms with van der Waals surface area (Å²) in [6.07, 6.45) is 1.23. The number of nitrogens with zero attached hydrogens (tertiary/aromatic N) is 1. The molecule has 0 heterocycles. The lowest BCUT2D eigenvalue weighted by Crippen LogP contribution is -2.38. The van der Waals surface area contributed by atoms with Crippen molar-refractivity contribution >= 4 is 63.0 Å². The number of rotatable bonds is 7. The molecular weight excluding hydrogens is 544 g/mol. The quantitative estimate of drug-likeness (QED) is 0.280. The first kappa shape index (κ1) is 26.0. The minimum absolute atomic E-state index is 0. The van der Waals surface area contributed by atoms with Gasteiger partial charge in [0.25, 0.3) is 0 Å². The Balaban J connectivity index is 0.00000420. The average molecular weight is 570 g/mol. The summed E-state index contributed by atoms with van der Waals surface area (Å²) in [7, 11) is -3.04. The topological polar surface area (TPSA) is 70.6 Å². The van der Waals surface area contributed by atoms with E-state index in [9.17, 15) is 8.42 Å². The molecule has 2 aromatic carbocycles. The van der Waals surface area contributed by atoms with Crippen LogP contribution in [0.2, 0.25) is 10.0 Å². The van der Waals surface area contributed by atoms with Crippen LogP contribution >= 0.6 is 47.2 Å². The third-order valence-corrected chi connectivity index (χ3v) is 5.42. The summed E-state index contributed by atoms with van der Waals surface area (Å²) in [5.74, 6) is 0.710. The van der Waals surface area contributed by atoms with Crippen LogP contribution in [0.1, 0.15) is 36.6 Å². The molecule has 5 nitrogen and oxygen atoms in total. The lowest BCUT2D eigenvalue weighted by Gasteiger charge is -2.19. The zero-order chi connectivity index (χ0) is 20.7. The number of hydrogen-bond acceptors (Lipinski definition) is 3. The summed E-state index contributed by atoms with van der Waals surface area (Å²) >= 11 is 12.3. The van der Waals surface area contributed by atoms with Gasteiger partial charge in [-0.3, -0.25) is 0 Å². The molecule has 0 saturated carbocycles. The van der Waals surface area contributed by atoms with E-state index in [1.807, 2.05) is 50.2 Å². The van der Waals surface area contributed by atoms with Gasteiger partial charge in [0.2, 0.25) is 0 Å². The Bertz CT molecular complexity index is 935. The van der Waals surface area contributed by atoms with E-state index in [1.165, 1.54) is 6.26 Å². The zero-order valence-corrected chi connectivity index (χ0v) is 21.2. The molecule has 2 N–H and O–H groups in total. The maximum Gasteiger partial charge on any atom is 0.192 e. The lowest BCUT2D eigenvalue weighted by molar-refractivity contribution is 0.601. The minimum Gasteiger partial charge on any atom is -0.357 e. The number of guanidine groups is 1. The Labute approximate surface area is 200 Å². The van der Waals surface area contributed by atoms with Crippen LogP contribution in [0, 0.1) is 0 Å². The van der Waals surface area contributed by atoms with Crippen molar-refractivity contribution in [1.29, 1.82) is 0 Å². The predicted octanol–water partition coefficient (Wildman–Crippen LogP) is 4.97. The Morgan fingerprint density at radius 1 is 1.10 bits per heavy atom. The molecule has 0 aliphatic rings. The number of nitrogens with one attached hydrogen (secondary N) is 2. The third kappa shape index (κ3) is 9.11. The van der Waals surface area contributed by atoms with E-state index in [1.54, 1.807) is 6.07 Å². The largest absolute Gasteiger partial charge is 0.357 e. The average Bonchev–Trinajstić information content (AvgIpc) is 2.59. The van der Waals surface area contributed by atoms with Gasteiger partial charge < -0.3 is 10.6 Å². The number of benzene rings is 2. The van der Waals surface area contributed by atoms with Crippen LogP contribution < -0.4 is 10.6 Å². The molecule has 0 amide bonds. The fraction of sp³-hybridized carbons (Fsp3) is 0.350. The van der Waals surface area contributed by atoms with Crippen molar-refractivity contribution < 1.29 is 8.42 Å². The molecule has 0 radical (unpaired) electrons. The van der Waals surface area contributed by atoms with Crippen molar-refractivity contribution in [2.45, 2.75) is 32.2 Å². The molecule has 0 fully saturated rings. The summed E-state index contributed by atoms with van der Waals surface area (Å²) in [6, 6.07) is 12.8. The van der Waals surface area contributed by atoms with Crippen LogP contribution in [0.3, 0.4) is 0 Å². The predicted molar refractivity (Wildman–Crippen MR) is 133 cm³/mol. The summed E-state index contributed by atoms with van der Waals surface area (Å²) in [6.45, 7) is 5.19. The molecule has 9 heteroatoms. The molecule has 0 saturated heterocycles. The van der Waals surface area contributed by atoms with Gasteiger partial charge in [-0.2, -0.15) is 0 Å². The van der Waals surface area contributed by atoms with Crippen LogP contribution in [-0.4, -0.2) is 27.2 Å². The summed E-state index contributed by atoms with van der Waals surface area (Å²) in [5, 5.41) is 7.76. The van der Waals surface area contributed by atoms with E-state index >= 15 is 0 Å². The van der Waals surface area contributed by atoms with Crippen molar-refractivity contribution in [3.63, 3.8) is 0 Å². The van der Waals surface area contributed by atoms with E-state index in [4.69, 9.17) is 23.2 Å². The van der Waals surface area contributed by atoms with E-state index in [2.05, 4.69) is 15.6 Å². The van der Waals surface area contributed by atoms with Crippen LogP contribution in [0.4, 0.5) is 0 Å². The molecule has 0 aliphatic carbocycles. The standard InChI is InChI=1S/C20H25Cl2N3O2S.HI/c1-4-23-20(25-14(2)18-10-9-17(21)11-19(18)22)24-12-15-5-7-16(8-6-15)13-28(3,26)27;/h5-11,14H,4,12-13H2,1-3H3,(H2,23,24,25);1H.